The highest BCUT2D eigenvalue weighted by Gasteiger charge is 1.94. The van der Waals surface area contributed by atoms with Crippen molar-refractivity contribution in [3.05, 3.63) is 35.4 Å². The highest BCUT2D eigenvalue weighted by molar-refractivity contribution is 7.98. The van der Waals surface area contributed by atoms with Crippen LogP contribution in [0.1, 0.15) is 30.9 Å². The van der Waals surface area contributed by atoms with E-state index in [0.717, 1.165) is 5.75 Å². The van der Waals surface area contributed by atoms with Gasteiger partial charge in [0, 0.05) is 12.3 Å². The van der Waals surface area contributed by atoms with E-state index >= 15 is 0 Å². The van der Waals surface area contributed by atoms with Crippen LogP contribution in [0.5, 0.6) is 0 Å². The van der Waals surface area contributed by atoms with Gasteiger partial charge in [0.05, 0.1) is 0 Å². The number of benzene rings is 1. The van der Waals surface area contributed by atoms with Crippen molar-refractivity contribution in [2.45, 2.75) is 32.1 Å². The van der Waals surface area contributed by atoms with Gasteiger partial charge in [-0.15, -0.1) is 0 Å². The molecular weight excluding hydrogens is 190 g/mol. The van der Waals surface area contributed by atoms with Crippen molar-refractivity contribution in [2.75, 3.05) is 5.75 Å². The Morgan fingerprint density at radius 3 is 2.36 bits per heavy atom. The molecule has 0 fully saturated rings. The molecule has 0 radical (unpaired) electrons. The zero-order chi connectivity index (χ0) is 10.2. The molecule has 0 atom stereocenters. The predicted octanol–water partition coefficient (Wildman–Crippen LogP) is 3.18. The highest BCUT2D eigenvalue weighted by atomic mass is 32.2. The molecule has 0 aliphatic heterocycles. The van der Waals surface area contributed by atoms with Gasteiger partial charge in [-0.3, -0.25) is 0 Å². The summed E-state index contributed by atoms with van der Waals surface area (Å²) in [6.45, 7) is 2.87. The molecule has 1 aromatic rings. The lowest BCUT2D eigenvalue weighted by atomic mass is 10.1. The van der Waals surface area contributed by atoms with Gasteiger partial charge in [-0.1, -0.05) is 37.6 Å². The Labute approximate surface area is 91.1 Å². The van der Waals surface area contributed by atoms with E-state index in [-0.39, 0.29) is 0 Å². The maximum absolute atomic E-state index is 5.53. The fraction of sp³-hybridized carbons (Fsp3) is 0.500. The zero-order valence-corrected chi connectivity index (χ0v) is 9.65. The molecule has 0 aromatic heterocycles. The van der Waals surface area contributed by atoms with Crippen LogP contribution in [-0.2, 0) is 12.3 Å². The maximum atomic E-state index is 5.53. The Balaban J connectivity index is 2.29. The van der Waals surface area contributed by atoms with Crippen molar-refractivity contribution in [1.29, 1.82) is 0 Å². The first kappa shape index (κ1) is 11.6. The van der Waals surface area contributed by atoms with Gasteiger partial charge in [-0.05, 0) is 23.3 Å². The third-order valence-electron chi connectivity index (χ3n) is 2.17. The van der Waals surface area contributed by atoms with E-state index in [2.05, 4.69) is 31.2 Å². The summed E-state index contributed by atoms with van der Waals surface area (Å²) in [6, 6.07) is 8.60. The first-order chi connectivity index (χ1) is 6.86. The normalized spacial score (nSPS) is 10.4. The molecule has 14 heavy (non-hydrogen) atoms. The quantitative estimate of drug-likeness (QED) is 0.728. The van der Waals surface area contributed by atoms with Crippen LogP contribution in [0, 0.1) is 0 Å². The second kappa shape index (κ2) is 6.91. The second-order valence-corrected chi connectivity index (χ2v) is 4.53. The first-order valence-corrected chi connectivity index (χ1v) is 6.38. The topological polar surface area (TPSA) is 26.0 Å². The molecule has 2 heteroatoms. The van der Waals surface area contributed by atoms with Gasteiger partial charge < -0.3 is 5.73 Å². The molecule has 0 saturated heterocycles. The van der Waals surface area contributed by atoms with E-state index in [1.807, 2.05) is 11.8 Å². The lowest BCUT2D eigenvalue weighted by molar-refractivity contribution is 0.896. The predicted molar refractivity (Wildman–Crippen MR) is 65.4 cm³/mol. The number of nitrogens with two attached hydrogens (primary N) is 1. The first-order valence-electron chi connectivity index (χ1n) is 5.22. The number of hydrogen-bond donors (Lipinski definition) is 1. The standard InChI is InChI=1S/C12H19NS/c1-2-3-8-14-10-12-6-4-11(9-13)5-7-12/h4-7H,2-3,8-10,13H2,1H3. The van der Waals surface area contributed by atoms with Gasteiger partial charge in [0.25, 0.3) is 0 Å². The van der Waals surface area contributed by atoms with E-state index in [0.29, 0.717) is 6.54 Å². The summed E-state index contributed by atoms with van der Waals surface area (Å²) in [4.78, 5) is 0. The minimum absolute atomic E-state index is 0.642. The molecular formula is C12H19NS. The molecule has 0 amide bonds. The van der Waals surface area contributed by atoms with E-state index in [1.165, 1.54) is 29.7 Å². The third-order valence-corrected chi connectivity index (χ3v) is 3.28. The van der Waals surface area contributed by atoms with Gasteiger partial charge >= 0.3 is 0 Å². The van der Waals surface area contributed by atoms with Crippen molar-refractivity contribution in [3.63, 3.8) is 0 Å². The highest BCUT2D eigenvalue weighted by Crippen LogP contribution is 2.14. The van der Waals surface area contributed by atoms with Crippen molar-refractivity contribution in [1.82, 2.24) is 0 Å². The van der Waals surface area contributed by atoms with Crippen LogP contribution in [0.15, 0.2) is 24.3 Å². The number of thioether (sulfide) groups is 1. The summed E-state index contributed by atoms with van der Waals surface area (Å²) >= 11 is 2.01. The monoisotopic (exact) mass is 209 g/mol. The molecule has 0 aliphatic carbocycles. The summed E-state index contributed by atoms with van der Waals surface area (Å²) in [5.41, 5.74) is 8.16. The molecule has 0 bridgehead atoms. The molecule has 78 valence electrons. The number of unbranched alkanes of at least 4 members (excludes halogenated alkanes) is 1. The van der Waals surface area contributed by atoms with Gasteiger partial charge in [0.1, 0.15) is 0 Å². The number of hydrogen-bond acceptors (Lipinski definition) is 2. The van der Waals surface area contributed by atoms with Crippen molar-refractivity contribution < 1.29 is 0 Å². The lowest BCUT2D eigenvalue weighted by Gasteiger charge is -2.02. The molecule has 0 spiro atoms. The maximum Gasteiger partial charge on any atom is 0.0184 e. The summed E-state index contributed by atoms with van der Waals surface area (Å²) in [5, 5.41) is 0. The van der Waals surface area contributed by atoms with Crippen LogP contribution in [0.25, 0.3) is 0 Å². The van der Waals surface area contributed by atoms with E-state index in [9.17, 15) is 0 Å². The third kappa shape index (κ3) is 4.16. The molecule has 0 aliphatic rings. The molecule has 2 N–H and O–H groups in total. The molecule has 0 heterocycles. The van der Waals surface area contributed by atoms with Crippen LogP contribution in [-0.4, -0.2) is 5.75 Å². The van der Waals surface area contributed by atoms with E-state index in [1.54, 1.807) is 0 Å². The van der Waals surface area contributed by atoms with Crippen LogP contribution in [0.3, 0.4) is 0 Å². The Kier molecular flexibility index (Phi) is 5.72. The average molecular weight is 209 g/mol. The van der Waals surface area contributed by atoms with Crippen LogP contribution in [0.2, 0.25) is 0 Å². The second-order valence-electron chi connectivity index (χ2n) is 3.43. The van der Waals surface area contributed by atoms with E-state index < -0.39 is 0 Å². The van der Waals surface area contributed by atoms with Crippen molar-refractivity contribution in [3.8, 4) is 0 Å². The SMILES string of the molecule is CCCCSCc1ccc(CN)cc1. The summed E-state index contributed by atoms with van der Waals surface area (Å²) in [6.07, 6.45) is 2.62. The lowest BCUT2D eigenvalue weighted by Crippen LogP contribution is -1.95. The minimum Gasteiger partial charge on any atom is -0.326 e. The van der Waals surface area contributed by atoms with Gasteiger partial charge in [0.15, 0.2) is 0 Å². The summed E-state index contributed by atoms with van der Waals surface area (Å²) in [7, 11) is 0. The van der Waals surface area contributed by atoms with Gasteiger partial charge in [-0.2, -0.15) is 11.8 Å². The van der Waals surface area contributed by atoms with Crippen LogP contribution in [0.4, 0.5) is 0 Å². The Bertz CT molecular complexity index is 243. The van der Waals surface area contributed by atoms with Gasteiger partial charge in [-0.25, -0.2) is 0 Å². The average Bonchev–Trinajstić information content (AvgIpc) is 2.25. The van der Waals surface area contributed by atoms with Crippen LogP contribution < -0.4 is 5.73 Å². The molecule has 0 unspecified atom stereocenters. The Hall–Kier alpha value is -0.470. The Morgan fingerprint density at radius 1 is 1.14 bits per heavy atom. The van der Waals surface area contributed by atoms with Crippen molar-refractivity contribution in [2.24, 2.45) is 5.73 Å². The van der Waals surface area contributed by atoms with Crippen LogP contribution >= 0.6 is 11.8 Å². The smallest absolute Gasteiger partial charge is 0.0184 e. The summed E-state index contributed by atoms with van der Waals surface area (Å²) < 4.78 is 0. The zero-order valence-electron chi connectivity index (χ0n) is 8.83. The largest absolute Gasteiger partial charge is 0.326 e. The number of rotatable bonds is 6. The molecule has 1 nitrogen and oxygen atoms in total. The Morgan fingerprint density at radius 2 is 1.79 bits per heavy atom. The van der Waals surface area contributed by atoms with E-state index in [4.69, 9.17) is 5.73 Å². The fourth-order valence-electron chi connectivity index (χ4n) is 1.21. The minimum atomic E-state index is 0.642. The molecule has 1 aromatic carbocycles. The fourth-order valence-corrected chi connectivity index (χ4v) is 2.27. The molecule has 1 rings (SSSR count). The molecule has 0 saturated carbocycles. The summed E-state index contributed by atoms with van der Waals surface area (Å²) in [5.74, 6) is 2.40. The van der Waals surface area contributed by atoms with Gasteiger partial charge in [0.2, 0.25) is 0 Å². The van der Waals surface area contributed by atoms with Crippen molar-refractivity contribution >= 4 is 11.8 Å².